The van der Waals surface area contributed by atoms with Crippen LogP contribution < -0.4 is 5.32 Å². The number of nitrogens with one attached hydrogen (secondary N) is 1. The van der Waals surface area contributed by atoms with E-state index in [4.69, 9.17) is 0 Å². The molecule has 0 aliphatic heterocycles. The molecule has 84 valence electrons. The summed E-state index contributed by atoms with van der Waals surface area (Å²) in [6.07, 6.45) is 0. The quantitative estimate of drug-likeness (QED) is 0.815. The lowest BCUT2D eigenvalue weighted by Gasteiger charge is -2.17. The zero-order chi connectivity index (χ0) is 11.5. The summed E-state index contributed by atoms with van der Waals surface area (Å²) >= 11 is 0. The van der Waals surface area contributed by atoms with Gasteiger partial charge in [0.1, 0.15) is 0 Å². The lowest BCUT2D eigenvalue weighted by Crippen LogP contribution is -2.25. The van der Waals surface area contributed by atoms with E-state index in [0.29, 0.717) is 12.1 Å². The Morgan fingerprint density at radius 2 is 1.56 bits per heavy atom. The van der Waals surface area contributed by atoms with Crippen LogP contribution in [0.4, 0.5) is 0 Å². The van der Waals surface area contributed by atoms with Crippen molar-refractivity contribution >= 4 is 10.8 Å². The summed E-state index contributed by atoms with van der Waals surface area (Å²) in [7, 11) is 0. The lowest BCUT2D eigenvalue weighted by atomic mass is 10.0. The summed E-state index contributed by atoms with van der Waals surface area (Å²) in [4.78, 5) is 0. The molecule has 0 bridgehead atoms. The van der Waals surface area contributed by atoms with E-state index in [9.17, 15) is 0 Å². The van der Waals surface area contributed by atoms with Gasteiger partial charge in [-0.05, 0) is 29.3 Å². The van der Waals surface area contributed by atoms with Crippen molar-refractivity contribution in [2.75, 3.05) is 0 Å². The van der Waals surface area contributed by atoms with Crippen LogP contribution >= 0.6 is 0 Å². The molecule has 0 saturated carbocycles. The molecule has 0 radical (unpaired) electrons. The van der Waals surface area contributed by atoms with Crippen LogP contribution in [0.1, 0.15) is 32.4 Å². The molecular weight excluding hydrogens is 194 g/mol. The number of rotatable bonds is 3. The van der Waals surface area contributed by atoms with Crippen LogP contribution in [0.3, 0.4) is 0 Å². The van der Waals surface area contributed by atoms with Crippen LogP contribution in [-0.4, -0.2) is 6.04 Å². The predicted octanol–water partition coefficient (Wildman–Crippen LogP) is 3.90. The first-order chi connectivity index (χ1) is 7.66. The van der Waals surface area contributed by atoms with Crippen molar-refractivity contribution < 1.29 is 0 Å². The third-order valence-electron chi connectivity index (χ3n) is 2.86. The maximum absolute atomic E-state index is 3.52. The monoisotopic (exact) mass is 213 g/mol. The highest BCUT2D eigenvalue weighted by Gasteiger charge is 2.06. The minimum Gasteiger partial charge on any atom is -0.308 e. The maximum atomic E-state index is 3.52. The van der Waals surface area contributed by atoms with Gasteiger partial charge in [-0.2, -0.15) is 0 Å². The van der Waals surface area contributed by atoms with E-state index in [0.717, 1.165) is 0 Å². The van der Waals surface area contributed by atoms with Crippen molar-refractivity contribution in [3.8, 4) is 0 Å². The Morgan fingerprint density at radius 1 is 0.875 bits per heavy atom. The Kier molecular flexibility index (Phi) is 3.25. The van der Waals surface area contributed by atoms with Crippen molar-refractivity contribution in [3.63, 3.8) is 0 Å². The van der Waals surface area contributed by atoms with Crippen molar-refractivity contribution in [2.24, 2.45) is 0 Å². The van der Waals surface area contributed by atoms with Crippen molar-refractivity contribution in [1.29, 1.82) is 0 Å². The zero-order valence-electron chi connectivity index (χ0n) is 10.2. The van der Waals surface area contributed by atoms with Crippen LogP contribution in [0.25, 0.3) is 10.8 Å². The molecule has 0 fully saturated rings. The fourth-order valence-corrected chi connectivity index (χ4v) is 2.07. The van der Waals surface area contributed by atoms with Crippen molar-refractivity contribution in [1.82, 2.24) is 5.32 Å². The fraction of sp³-hybridized carbons (Fsp3) is 0.333. The number of hydrogen-bond acceptors (Lipinski definition) is 1. The first-order valence-corrected chi connectivity index (χ1v) is 5.91. The standard InChI is InChI=1S/C15H19N/c1-11(2)16-12(3)14-9-8-13-6-4-5-7-15(13)10-14/h4-12,16H,1-3H3. The van der Waals surface area contributed by atoms with Crippen LogP contribution in [0.15, 0.2) is 42.5 Å². The van der Waals surface area contributed by atoms with Gasteiger partial charge in [0.2, 0.25) is 0 Å². The van der Waals surface area contributed by atoms with Crippen LogP contribution in [0.5, 0.6) is 0 Å². The van der Waals surface area contributed by atoms with Crippen molar-refractivity contribution in [3.05, 3.63) is 48.0 Å². The van der Waals surface area contributed by atoms with Crippen LogP contribution in [0.2, 0.25) is 0 Å². The molecule has 1 N–H and O–H groups in total. The molecule has 1 unspecified atom stereocenters. The lowest BCUT2D eigenvalue weighted by molar-refractivity contribution is 0.506. The number of benzene rings is 2. The molecule has 0 spiro atoms. The molecule has 0 aliphatic rings. The summed E-state index contributed by atoms with van der Waals surface area (Å²) in [6.45, 7) is 6.57. The second-order valence-corrected chi connectivity index (χ2v) is 4.65. The van der Waals surface area contributed by atoms with Crippen LogP contribution in [-0.2, 0) is 0 Å². The average molecular weight is 213 g/mol. The van der Waals surface area contributed by atoms with E-state index < -0.39 is 0 Å². The molecule has 2 aromatic rings. The summed E-state index contributed by atoms with van der Waals surface area (Å²) in [5.74, 6) is 0. The smallest absolute Gasteiger partial charge is 0.0294 e. The second-order valence-electron chi connectivity index (χ2n) is 4.65. The van der Waals surface area contributed by atoms with E-state index in [1.807, 2.05) is 0 Å². The molecule has 0 aromatic heterocycles. The predicted molar refractivity (Wildman–Crippen MR) is 70.6 cm³/mol. The highest BCUT2D eigenvalue weighted by atomic mass is 14.9. The summed E-state index contributed by atoms with van der Waals surface area (Å²) in [5.41, 5.74) is 1.35. The Hall–Kier alpha value is -1.34. The normalized spacial score (nSPS) is 13.2. The first-order valence-electron chi connectivity index (χ1n) is 5.91. The Morgan fingerprint density at radius 3 is 2.25 bits per heavy atom. The highest BCUT2D eigenvalue weighted by molar-refractivity contribution is 5.83. The number of hydrogen-bond donors (Lipinski definition) is 1. The molecule has 1 atom stereocenters. The van der Waals surface area contributed by atoms with E-state index in [1.165, 1.54) is 16.3 Å². The van der Waals surface area contributed by atoms with Gasteiger partial charge in [0.15, 0.2) is 0 Å². The Balaban J connectivity index is 2.32. The molecule has 0 saturated heterocycles. The van der Waals surface area contributed by atoms with Crippen LogP contribution in [0, 0.1) is 0 Å². The Labute approximate surface area is 97.5 Å². The molecule has 2 rings (SSSR count). The van der Waals surface area contributed by atoms with E-state index in [2.05, 4.69) is 68.6 Å². The van der Waals surface area contributed by atoms with Gasteiger partial charge in [-0.15, -0.1) is 0 Å². The van der Waals surface area contributed by atoms with Gasteiger partial charge in [-0.25, -0.2) is 0 Å². The summed E-state index contributed by atoms with van der Waals surface area (Å²) in [5, 5.41) is 6.15. The molecule has 2 aromatic carbocycles. The van der Waals surface area contributed by atoms with Crippen molar-refractivity contribution in [2.45, 2.75) is 32.9 Å². The van der Waals surface area contributed by atoms with E-state index in [-0.39, 0.29) is 0 Å². The van der Waals surface area contributed by atoms with Gasteiger partial charge < -0.3 is 5.32 Å². The largest absolute Gasteiger partial charge is 0.308 e. The molecule has 1 nitrogen and oxygen atoms in total. The fourth-order valence-electron chi connectivity index (χ4n) is 2.07. The summed E-state index contributed by atoms with van der Waals surface area (Å²) < 4.78 is 0. The SMILES string of the molecule is CC(C)NC(C)c1ccc2ccccc2c1. The zero-order valence-corrected chi connectivity index (χ0v) is 10.2. The summed E-state index contributed by atoms with van der Waals surface area (Å²) in [6, 6.07) is 16.1. The van der Waals surface area contributed by atoms with Gasteiger partial charge in [0.05, 0.1) is 0 Å². The highest BCUT2D eigenvalue weighted by Crippen LogP contribution is 2.20. The number of fused-ring (bicyclic) bond motifs is 1. The third-order valence-corrected chi connectivity index (χ3v) is 2.86. The third kappa shape index (κ3) is 2.42. The maximum Gasteiger partial charge on any atom is 0.0294 e. The molecular formula is C15H19N. The molecule has 1 heteroatoms. The molecule has 16 heavy (non-hydrogen) atoms. The second kappa shape index (κ2) is 4.67. The molecule has 0 aliphatic carbocycles. The van der Waals surface area contributed by atoms with Gasteiger partial charge in [-0.3, -0.25) is 0 Å². The average Bonchev–Trinajstić information content (AvgIpc) is 2.27. The van der Waals surface area contributed by atoms with Gasteiger partial charge in [0.25, 0.3) is 0 Å². The van der Waals surface area contributed by atoms with Gasteiger partial charge in [0, 0.05) is 12.1 Å². The van der Waals surface area contributed by atoms with Gasteiger partial charge >= 0.3 is 0 Å². The molecule has 0 amide bonds. The Bertz CT molecular complexity index is 474. The first kappa shape index (κ1) is 11.2. The van der Waals surface area contributed by atoms with E-state index in [1.54, 1.807) is 0 Å². The van der Waals surface area contributed by atoms with Gasteiger partial charge in [-0.1, -0.05) is 50.2 Å². The minimum atomic E-state index is 0.407. The topological polar surface area (TPSA) is 12.0 Å². The minimum absolute atomic E-state index is 0.407. The van der Waals surface area contributed by atoms with E-state index >= 15 is 0 Å². The molecule has 0 heterocycles.